The van der Waals surface area contributed by atoms with E-state index in [-0.39, 0.29) is 11.8 Å². The highest BCUT2D eigenvalue weighted by Gasteiger charge is 2.32. The summed E-state index contributed by atoms with van der Waals surface area (Å²) in [5.74, 6) is 2.03. The molecular formula is C17H19N3O. The van der Waals surface area contributed by atoms with Crippen LogP contribution >= 0.6 is 0 Å². The lowest BCUT2D eigenvalue weighted by Gasteiger charge is -2.25. The maximum absolute atomic E-state index is 12.2. The number of hydrogen-bond donors (Lipinski definition) is 2. The molecule has 1 fully saturated rings. The predicted molar refractivity (Wildman–Crippen MR) is 81.9 cm³/mol. The van der Waals surface area contributed by atoms with E-state index in [1.807, 2.05) is 25.3 Å². The van der Waals surface area contributed by atoms with Gasteiger partial charge < -0.3 is 10.3 Å². The topological polar surface area (TPSA) is 57.8 Å². The SMILES string of the molecule is Cc1ncc(-c2ccc3c(c2)CC(CC2CC2)C(=O)N3)[nH]1. The first-order valence-electron chi connectivity index (χ1n) is 7.65. The van der Waals surface area contributed by atoms with Gasteiger partial charge in [0.1, 0.15) is 5.82 Å². The van der Waals surface area contributed by atoms with Crippen molar-refractivity contribution < 1.29 is 4.79 Å². The predicted octanol–water partition coefficient (Wildman–Crippen LogP) is 3.30. The van der Waals surface area contributed by atoms with Crippen LogP contribution in [0.25, 0.3) is 11.3 Å². The van der Waals surface area contributed by atoms with Crippen LogP contribution in [0.3, 0.4) is 0 Å². The van der Waals surface area contributed by atoms with Gasteiger partial charge in [-0.1, -0.05) is 18.9 Å². The van der Waals surface area contributed by atoms with Crippen molar-refractivity contribution in [2.75, 3.05) is 5.32 Å². The first-order valence-corrected chi connectivity index (χ1v) is 7.65. The number of anilines is 1. The second-order valence-electron chi connectivity index (χ2n) is 6.32. The number of amides is 1. The number of benzene rings is 1. The van der Waals surface area contributed by atoms with Gasteiger partial charge in [-0.15, -0.1) is 0 Å². The Morgan fingerprint density at radius 1 is 1.33 bits per heavy atom. The number of nitrogens with one attached hydrogen (secondary N) is 2. The Kier molecular flexibility index (Phi) is 2.84. The molecule has 1 aromatic carbocycles. The maximum Gasteiger partial charge on any atom is 0.227 e. The molecule has 1 amide bonds. The monoisotopic (exact) mass is 281 g/mol. The molecule has 4 heteroatoms. The zero-order valence-electron chi connectivity index (χ0n) is 12.1. The van der Waals surface area contributed by atoms with Gasteiger partial charge in [-0.25, -0.2) is 4.98 Å². The Morgan fingerprint density at radius 3 is 2.90 bits per heavy atom. The van der Waals surface area contributed by atoms with Crippen LogP contribution in [0.5, 0.6) is 0 Å². The lowest BCUT2D eigenvalue weighted by atomic mass is 9.88. The number of H-pyrrole nitrogens is 1. The highest BCUT2D eigenvalue weighted by molar-refractivity contribution is 5.96. The summed E-state index contributed by atoms with van der Waals surface area (Å²) in [6.45, 7) is 1.95. The summed E-state index contributed by atoms with van der Waals surface area (Å²) < 4.78 is 0. The largest absolute Gasteiger partial charge is 0.342 e. The second kappa shape index (κ2) is 4.72. The molecule has 1 aliphatic carbocycles. The van der Waals surface area contributed by atoms with E-state index in [1.54, 1.807) is 0 Å². The van der Waals surface area contributed by atoms with Gasteiger partial charge in [-0.05, 0) is 48.9 Å². The summed E-state index contributed by atoms with van der Waals surface area (Å²) >= 11 is 0. The van der Waals surface area contributed by atoms with Gasteiger partial charge in [0, 0.05) is 11.6 Å². The smallest absolute Gasteiger partial charge is 0.227 e. The molecule has 1 atom stereocenters. The van der Waals surface area contributed by atoms with E-state index in [0.717, 1.165) is 41.5 Å². The molecule has 2 heterocycles. The summed E-state index contributed by atoms with van der Waals surface area (Å²) in [7, 11) is 0. The molecule has 0 saturated heterocycles. The number of carbonyl (C=O) groups is 1. The summed E-state index contributed by atoms with van der Waals surface area (Å²) in [5.41, 5.74) is 4.37. The lowest BCUT2D eigenvalue weighted by molar-refractivity contribution is -0.120. The van der Waals surface area contributed by atoms with Crippen LogP contribution in [-0.4, -0.2) is 15.9 Å². The van der Waals surface area contributed by atoms with Gasteiger partial charge in [0.05, 0.1) is 11.9 Å². The minimum Gasteiger partial charge on any atom is -0.342 e. The average Bonchev–Trinajstić information content (AvgIpc) is 3.18. The van der Waals surface area contributed by atoms with Gasteiger partial charge in [0.15, 0.2) is 0 Å². The number of aromatic nitrogens is 2. The highest BCUT2D eigenvalue weighted by atomic mass is 16.1. The van der Waals surface area contributed by atoms with Gasteiger partial charge in [-0.2, -0.15) is 0 Å². The number of hydrogen-bond acceptors (Lipinski definition) is 2. The fourth-order valence-electron chi connectivity index (χ4n) is 3.16. The number of nitrogens with zero attached hydrogens (tertiary/aromatic N) is 1. The Labute approximate surface area is 124 Å². The fourth-order valence-corrected chi connectivity index (χ4v) is 3.16. The molecule has 1 saturated carbocycles. The first-order chi connectivity index (χ1) is 10.2. The van der Waals surface area contributed by atoms with Crippen LogP contribution in [-0.2, 0) is 11.2 Å². The zero-order chi connectivity index (χ0) is 14.4. The third kappa shape index (κ3) is 2.46. The van der Waals surface area contributed by atoms with E-state index in [0.29, 0.717) is 0 Å². The van der Waals surface area contributed by atoms with E-state index in [9.17, 15) is 4.79 Å². The third-order valence-electron chi connectivity index (χ3n) is 4.53. The minimum absolute atomic E-state index is 0.142. The molecule has 1 aliphatic heterocycles. The van der Waals surface area contributed by atoms with Crippen LogP contribution in [0.1, 0.15) is 30.7 Å². The van der Waals surface area contributed by atoms with Crippen LogP contribution < -0.4 is 5.32 Å². The Hall–Kier alpha value is -2.10. The normalized spacial score (nSPS) is 21.0. The summed E-state index contributed by atoms with van der Waals surface area (Å²) in [6.07, 6.45) is 6.35. The number of aryl methyl sites for hydroxylation is 1. The van der Waals surface area contributed by atoms with E-state index < -0.39 is 0 Å². The molecule has 0 bridgehead atoms. The van der Waals surface area contributed by atoms with Gasteiger partial charge in [-0.3, -0.25) is 4.79 Å². The fraction of sp³-hybridized carbons (Fsp3) is 0.412. The van der Waals surface area contributed by atoms with Crippen LogP contribution in [0.2, 0.25) is 0 Å². The van der Waals surface area contributed by atoms with Crippen molar-refractivity contribution in [3.8, 4) is 11.3 Å². The van der Waals surface area contributed by atoms with E-state index in [4.69, 9.17) is 0 Å². The molecule has 2 aliphatic rings. The molecule has 0 spiro atoms. The van der Waals surface area contributed by atoms with Crippen molar-refractivity contribution in [3.63, 3.8) is 0 Å². The standard InChI is InChI=1S/C17H19N3O/c1-10-18-9-16(19-10)12-4-5-15-13(7-12)8-14(17(21)20-15)6-11-2-3-11/h4-5,7,9,11,14H,2-3,6,8H2,1H3,(H,18,19)(H,20,21). The van der Waals surface area contributed by atoms with Crippen molar-refractivity contribution in [1.29, 1.82) is 0 Å². The number of imidazole rings is 1. The second-order valence-corrected chi connectivity index (χ2v) is 6.32. The van der Waals surface area contributed by atoms with E-state index in [1.165, 1.54) is 18.4 Å². The summed E-state index contributed by atoms with van der Waals surface area (Å²) in [4.78, 5) is 19.7. The Morgan fingerprint density at radius 2 is 2.19 bits per heavy atom. The van der Waals surface area contributed by atoms with Gasteiger partial charge in [0.2, 0.25) is 5.91 Å². The van der Waals surface area contributed by atoms with E-state index in [2.05, 4.69) is 21.4 Å². The van der Waals surface area contributed by atoms with Crippen molar-refractivity contribution in [2.24, 2.45) is 11.8 Å². The molecule has 2 N–H and O–H groups in total. The molecule has 4 nitrogen and oxygen atoms in total. The minimum atomic E-state index is 0.142. The maximum atomic E-state index is 12.2. The zero-order valence-corrected chi connectivity index (χ0v) is 12.1. The Balaban J connectivity index is 1.63. The van der Waals surface area contributed by atoms with Gasteiger partial charge >= 0.3 is 0 Å². The average molecular weight is 281 g/mol. The third-order valence-corrected chi connectivity index (χ3v) is 4.53. The summed E-state index contributed by atoms with van der Waals surface area (Å²) in [6, 6.07) is 6.22. The van der Waals surface area contributed by atoms with Crippen LogP contribution in [0, 0.1) is 18.8 Å². The molecule has 0 radical (unpaired) electrons. The summed E-state index contributed by atoms with van der Waals surface area (Å²) in [5, 5.41) is 3.06. The molecular weight excluding hydrogens is 262 g/mol. The number of carbonyl (C=O) groups excluding carboxylic acids is 1. The van der Waals surface area contributed by atoms with Crippen molar-refractivity contribution in [2.45, 2.75) is 32.6 Å². The van der Waals surface area contributed by atoms with Crippen LogP contribution in [0.4, 0.5) is 5.69 Å². The molecule has 108 valence electrons. The quantitative estimate of drug-likeness (QED) is 0.907. The van der Waals surface area contributed by atoms with Crippen molar-refractivity contribution in [3.05, 3.63) is 35.8 Å². The number of rotatable bonds is 3. The molecule has 1 unspecified atom stereocenters. The van der Waals surface area contributed by atoms with Gasteiger partial charge in [0.25, 0.3) is 0 Å². The van der Waals surface area contributed by atoms with Crippen LogP contribution in [0.15, 0.2) is 24.4 Å². The number of aromatic amines is 1. The van der Waals surface area contributed by atoms with Crippen molar-refractivity contribution >= 4 is 11.6 Å². The first kappa shape index (κ1) is 12.6. The molecule has 1 aromatic heterocycles. The number of fused-ring (bicyclic) bond motifs is 1. The molecule has 2 aromatic rings. The molecule has 21 heavy (non-hydrogen) atoms. The van der Waals surface area contributed by atoms with E-state index >= 15 is 0 Å². The lowest BCUT2D eigenvalue weighted by Crippen LogP contribution is -2.30. The Bertz CT molecular complexity index is 700. The highest BCUT2D eigenvalue weighted by Crippen LogP contribution is 2.39. The van der Waals surface area contributed by atoms with Crippen molar-refractivity contribution in [1.82, 2.24) is 9.97 Å². The molecule has 4 rings (SSSR count).